The van der Waals surface area contributed by atoms with Crippen LogP contribution in [0.15, 0.2) is 0 Å². The first-order valence-corrected chi connectivity index (χ1v) is 7.17. The van der Waals surface area contributed by atoms with Crippen molar-refractivity contribution in [2.75, 3.05) is 19.8 Å². The molecule has 1 fully saturated rings. The van der Waals surface area contributed by atoms with E-state index in [9.17, 15) is 4.79 Å². The summed E-state index contributed by atoms with van der Waals surface area (Å²) in [6, 6.07) is 0. The summed E-state index contributed by atoms with van der Waals surface area (Å²) < 4.78 is 11.0. The van der Waals surface area contributed by atoms with Gasteiger partial charge in [0.15, 0.2) is 0 Å². The second kappa shape index (κ2) is 7.74. The zero-order valence-corrected chi connectivity index (χ0v) is 11.7. The summed E-state index contributed by atoms with van der Waals surface area (Å²) in [6.45, 7) is 5.48. The number of hydrogen-bond donors (Lipinski definition) is 1. The molecule has 0 radical (unpaired) electrons. The molecule has 0 bridgehead atoms. The maximum atomic E-state index is 12.2. The van der Waals surface area contributed by atoms with E-state index in [0.29, 0.717) is 19.6 Å². The Morgan fingerprint density at radius 3 is 2.72 bits per heavy atom. The molecule has 18 heavy (non-hydrogen) atoms. The number of carbonyl (C=O) groups excluding carboxylic acids is 1. The van der Waals surface area contributed by atoms with Gasteiger partial charge in [-0.1, -0.05) is 13.3 Å². The number of rotatable bonds is 7. The van der Waals surface area contributed by atoms with E-state index in [2.05, 4.69) is 6.92 Å². The highest BCUT2D eigenvalue weighted by atomic mass is 16.5. The van der Waals surface area contributed by atoms with Crippen molar-refractivity contribution in [3.8, 4) is 0 Å². The Labute approximate surface area is 110 Å². The van der Waals surface area contributed by atoms with Crippen LogP contribution in [-0.4, -0.2) is 31.8 Å². The summed E-state index contributed by atoms with van der Waals surface area (Å²) in [4.78, 5) is 12.2. The topological polar surface area (TPSA) is 61.5 Å². The van der Waals surface area contributed by atoms with Gasteiger partial charge in [0.05, 0.1) is 18.1 Å². The summed E-state index contributed by atoms with van der Waals surface area (Å²) in [7, 11) is 0. The highest BCUT2D eigenvalue weighted by Crippen LogP contribution is 2.34. The van der Waals surface area contributed by atoms with Gasteiger partial charge in [-0.3, -0.25) is 4.79 Å². The second-order valence-electron chi connectivity index (χ2n) is 5.15. The van der Waals surface area contributed by atoms with Crippen LogP contribution in [0.1, 0.15) is 52.4 Å². The predicted octanol–water partition coefficient (Wildman–Crippen LogP) is 2.25. The Morgan fingerprint density at radius 1 is 1.44 bits per heavy atom. The van der Waals surface area contributed by atoms with Crippen molar-refractivity contribution < 1.29 is 14.3 Å². The van der Waals surface area contributed by atoms with Gasteiger partial charge < -0.3 is 15.2 Å². The van der Waals surface area contributed by atoms with E-state index in [0.717, 1.165) is 32.3 Å². The van der Waals surface area contributed by atoms with Gasteiger partial charge in [-0.2, -0.15) is 0 Å². The number of carbonyl (C=O) groups is 1. The lowest BCUT2D eigenvalue weighted by atomic mass is 9.77. The van der Waals surface area contributed by atoms with Gasteiger partial charge in [0.25, 0.3) is 0 Å². The molecule has 2 N–H and O–H groups in total. The third-order valence-electron chi connectivity index (χ3n) is 3.72. The lowest BCUT2D eigenvalue weighted by Crippen LogP contribution is -2.43. The van der Waals surface area contributed by atoms with E-state index in [1.54, 1.807) is 0 Å². The smallest absolute Gasteiger partial charge is 0.313 e. The van der Waals surface area contributed by atoms with Crippen LogP contribution in [-0.2, 0) is 14.3 Å². The van der Waals surface area contributed by atoms with Crippen LogP contribution >= 0.6 is 0 Å². The molecule has 0 amide bonds. The average Bonchev–Trinajstić information content (AvgIpc) is 2.39. The molecule has 0 aliphatic carbocycles. The Hall–Kier alpha value is -0.610. The van der Waals surface area contributed by atoms with Gasteiger partial charge in [-0.05, 0) is 39.0 Å². The van der Waals surface area contributed by atoms with E-state index >= 15 is 0 Å². The van der Waals surface area contributed by atoms with Crippen LogP contribution in [0.25, 0.3) is 0 Å². The van der Waals surface area contributed by atoms with Crippen LogP contribution < -0.4 is 5.73 Å². The largest absolute Gasteiger partial charge is 0.466 e. The van der Waals surface area contributed by atoms with Crippen molar-refractivity contribution in [2.24, 2.45) is 11.1 Å². The summed E-state index contributed by atoms with van der Waals surface area (Å²) in [6.07, 6.45) is 5.92. The molecule has 0 aromatic carbocycles. The van der Waals surface area contributed by atoms with Crippen LogP contribution in [0, 0.1) is 5.41 Å². The highest BCUT2D eigenvalue weighted by Gasteiger charge is 2.40. The SMILES string of the molecule is CCCC(CN)(CC1CCCCO1)C(=O)OCC. The fraction of sp³-hybridized carbons (Fsp3) is 0.929. The maximum absolute atomic E-state index is 12.2. The molecule has 0 spiro atoms. The van der Waals surface area contributed by atoms with Crippen molar-refractivity contribution in [3.05, 3.63) is 0 Å². The molecule has 1 rings (SSSR count). The fourth-order valence-electron chi connectivity index (χ4n) is 2.72. The van der Waals surface area contributed by atoms with E-state index in [-0.39, 0.29) is 12.1 Å². The zero-order chi connectivity index (χ0) is 13.4. The third-order valence-corrected chi connectivity index (χ3v) is 3.72. The zero-order valence-electron chi connectivity index (χ0n) is 11.7. The summed E-state index contributed by atoms with van der Waals surface area (Å²) in [5.41, 5.74) is 5.34. The molecule has 4 nitrogen and oxygen atoms in total. The second-order valence-corrected chi connectivity index (χ2v) is 5.15. The molecule has 2 unspecified atom stereocenters. The molecule has 1 aliphatic heterocycles. The van der Waals surface area contributed by atoms with Crippen molar-refractivity contribution in [1.82, 2.24) is 0 Å². The highest BCUT2D eigenvalue weighted by molar-refractivity contribution is 5.77. The number of ether oxygens (including phenoxy) is 2. The Bertz CT molecular complexity index is 251. The van der Waals surface area contributed by atoms with E-state index in [4.69, 9.17) is 15.2 Å². The van der Waals surface area contributed by atoms with Gasteiger partial charge in [0.1, 0.15) is 0 Å². The molecule has 0 aromatic heterocycles. The lowest BCUT2D eigenvalue weighted by molar-refractivity contribution is -0.158. The van der Waals surface area contributed by atoms with Crippen molar-refractivity contribution in [1.29, 1.82) is 0 Å². The van der Waals surface area contributed by atoms with E-state index in [1.807, 2.05) is 6.92 Å². The standard InChI is InChI=1S/C14H27NO3/c1-3-8-14(11-15,13(16)17-4-2)10-12-7-5-6-9-18-12/h12H,3-11,15H2,1-2H3. The fourth-order valence-corrected chi connectivity index (χ4v) is 2.72. The molecular formula is C14H27NO3. The van der Waals surface area contributed by atoms with Crippen molar-refractivity contribution in [2.45, 2.75) is 58.5 Å². The molecule has 106 valence electrons. The first-order chi connectivity index (χ1) is 8.68. The molecule has 0 aromatic rings. The lowest BCUT2D eigenvalue weighted by Gasteiger charge is -2.34. The summed E-state index contributed by atoms with van der Waals surface area (Å²) >= 11 is 0. The van der Waals surface area contributed by atoms with Gasteiger partial charge >= 0.3 is 5.97 Å². The van der Waals surface area contributed by atoms with Gasteiger partial charge in [0.2, 0.25) is 0 Å². The molecule has 1 aliphatic rings. The molecule has 1 saturated heterocycles. The predicted molar refractivity (Wildman–Crippen MR) is 71.2 cm³/mol. The maximum Gasteiger partial charge on any atom is 0.313 e. The summed E-state index contributed by atoms with van der Waals surface area (Å²) in [5, 5.41) is 0. The Kier molecular flexibility index (Phi) is 6.65. The van der Waals surface area contributed by atoms with Gasteiger partial charge in [-0.25, -0.2) is 0 Å². The van der Waals surface area contributed by atoms with E-state index < -0.39 is 5.41 Å². The minimum absolute atomic E-state index is 0.150. The van der Waals surface area contributed by atoms with Gasteiger partial charge in [0, 0.05) is 13.2 Å². The molecule has 0 saturated carbocycles. The van der Waals surface area contributed by atoms with Crippen molar-refractivity contribution in [3.63, 3.8) is 0 Å². The normalized spacial score (nSPS) is 23.4. The van der Waals surface area contributed by atoms with Crippen LogP contribution in [0.5, 0.6) is 0 Å². The number of nitrogens with two attached hydrogens (primary N) is 1. The Balaban J connectivity index is 2.70. The molecular weight excluding hydrogens is 230 g/mol. The quantitative estimate of drug-likeness (QED) is 0.711. The number of hydrogen-bond acceptors (Lipinski definition) is 4. The van der Waals surface area contributed by atoms with Crippen molar-refractivity contribution >= 4 is 5.97 Å². The summed E-state index contributed by atoms with van der Waals surface area (Å²) in [5.74, 6) is -0.150. The molecule has 4 heteroatoms. The minimum Gasteiger partial charge on any atom is -0.466 e. The molecule has 2 atom stereocenters. The Morgan fingerprint density at radius 2 is 2.22 bits per heavy atom. The molecule has 1 heterocycles. The van der Waals surface area contributed by atoms with Crippen LogP contribution in [0.4, 0.5) is 0 Å². The average molecular weight is 257 g/mol. The van der Waals surface area contributed by atoms with Crippen LogP contribution in [0.3, 0.4) is 0 Å². The third kappa shape index (κ3) is 3.95. The van der Waals surface area contributed by atoms with Gasteiger partial charge in [-0.15, -0.1) is 0 Å². The van der Waals surface area contributed by atoms with Crippen LogP contribution in [0.2, 0.25) is 0 Å². The van der Waals surface area contributed by atoms with E-state index in [1.165, 1.54) is 6.42 Å². The first kappa shape index (κ1) is 15.4. The first-order valence-electron chi connectivity index (χ1n) is 7.17. The number of esters is 1. The minimum atomic E-state index is -0.549. The monoisotopic (exact) mass is 257 g/mol.